The molecule has 0 heterocycles. The number of nitrogens with one attached hydrogen (secondary N) is 2. The average molecular weight is 487 g/mol. The van der Waals surface area contributed by atoms with Crippen molar-refractivity contribution < 1.29 is 30.8 Å². The third kappa shape index (κ3) is 5.66. The van der Waals surface area contributed by atoms with E-state index < -0.39 is 33.5 Å². The van der Waals surface area contributed by atoms with Crippen LogP contribution in [0, 0.1) is 11.7 Å². The number of anilines is 1. The topological polar surface area (TPSA) is 75.3 Å². The SMILES string of the molecule is CC(NC(=O)[C@@H]1CC1c1ccc(C(C)(C)C(F)(F)F)cc1)c1ccc(NS(C)(=O)=O)c(F)c1. The van der Waals surface area contributed by atoms with Gasteiger partial charge in [-0.25, -0.2) is 12.8 Å². The van der Waals surface area contributed by atoms with Crippen molar-refractivity contribution >= 4 is 21.6 Å². The fraction of sp³-hybridized carbons (Fsp3) is 0.435. The van der Waals surface area contributed by atoms with Crippen LogP contribution in [0.15, 0.2) is 42.5 Å². The standard InChI is InChI=1S/C23H26F4N2O3S/c1-13(15-7-10-20(19(24)11-15)29-33(4,31)32)28-21(30)18-12-17(18)14-5-8-16(9-6-14)22(2,3)23(25,26)27/h5-11,13,17-18,29H,12H2,1-4H3,(H,28,30)/t13?,17?,18-/m1/s1. The van der Waals surface area contributed by atoms with E-state index in [0.717, 1.165) is 31.7 Å². The lowest BCUT2D eigenvalue weighted by Gasteiger charge is -2.28. The van der Waals surface area contributed by atoms with Gasteiger partial charge in [-0.3, -0.25) is 9.52 Å². The second kappa shape index (κ2) is 8.62. The van der Waals surface area contributed by atoms with E-state index in [2.05, 4.69) is 10.0 Å². The van der Waals surface area contributed by atoms with Crippen molar-refractivity contribution in [2.24, 2.45) is 5.92 Å². The predicted octanol–water partition coefficient (Wildman–Crippen LogP) is 5.02. The predicted molar refractivity (Wildman–Crippen MR) is 118 cm³/mol. The molecule has 1 aliphatic carbocycles. The largest absolute Gasteiger partial charge is 0.397 e. The highest BCUT2D eigenvalue weighted by atomic mass is 32.2. The molecule has 2 unspecified atom stereocenters. The minimum absolute atomic E-state index is 0.0849. The van der Waals surface area contributed by atoms with Crippen LogP contribution in [0.4, 0.5) is 23.2 Å². The molecule has 33 heavy (non-hydrogen) atoms. The summed E-state index contributed by atoms with van der Waals surface area (Å²) in [6.45, 7) is 3.94. The first-order chi connectivity index (χ1) is 15.1. The Hall–Kier alpha value is -2.62. The van der Waals surface area contributed by atoms with Crippen LogP contribution >= 0.6 is 0 Å². The quantitative estimate of drug-likeness (QED) is 0.540. The van der Waals surface area contributed by atoms with Gasteiger partial charge < -0.3 is 5.32 Å². The number of carbonyl (C=O) groups excluding carboxylic acids is 1. The summed E-state index contributed by atoms with van der Waals surface area (Å²) in [6.07, 6.45) is -2.88. The first-order valence-electron chi connectivity index (χ1n) is 10.3. The van der Waals surface area contributed by atoms with Crippen LogP contribution in [-0.4, -0.2) is 26.8 Å². The van der Waals surface area contributed by atoms with E-state index in [1.54, 1.807) is 19.1 Å². The third-order valence-corrected chi connectivity index (χ3v) is 6.63. The molecule has 180 valence electrons. The molecule has 0 spiro atoms. The Labute approximate surface area is 190 Å². The summed E-state index contributed by atoms with van der Waals surface area (Å²) >= 11 is 0. The van der Waals surface area contributed by atoms with Crippen LogP contribution in [0.1, 0.15) is 55.8 Å². The molecule has 1 amide bonds. The minimum Gasteiger partial charge on any atom is -0.349 e. The number of hydrogen-bond acceptors (Lipinski definition) is 3. The van der Waals surface area contributed by atoms with E-state index in [9.17, 15) is 30.8 Å². The summed E-state index contributed by atoms with van der Waals surface area (Å²) in [6, 6.07) is 9.62. The van der Waals surface area contributed by atoms with E-state index in [-0.39, 0.29) is 29.0 Å². The van der Waals surface area contributed by atoms with Gasteiger partial charge in [-0.1, -0.05) is 30.3 Å². The number of sulfonamides is 1. The zero-order valence-electron chi connectivity index (χ0n) is 18.6. The van der Waals surface area contributed by atoms with Crippen molar-refractivity contribution in [2.75, 3.05) is 11.0 Å². The lowest BCUT2D eigenvalue weighted by molar-refractivity contribution is -0.180. The Morgan fingerprint density at radius 3 is 2.21 bits per heavy atom. The zero-order valence-corrected chi connectivity index (χ0v) is 19.4. The number of halogens is 4. The zero-order chi connectivity index (χ0) is 24.8. The number of hydrogen-bond donors (Lipinski definition) is 2. The Morgan fingerprint density at radius 2 is 1.70 bits per heavy atom. The molecule has 5 nitrogen and oxygen atoms in total. The third-order valence-electron chi connectivity index (χ3n) is 6.04. The summed E-state index contributed by atoms with van der Waals surface area (Å²) in [5, 5.41) is 2.82. The Balaban J connectivity index is 1.62. The highest BCUT2D eigenvalue weighted by molar-refractivity contribution is 7.92. The second-order valence-corrected chi connectivity index (χ2v) is 10.8. The molecule has 1 fully saturated rings. The molecule has 3 atom stereocenters. The van der Waals surface area contributed by atoms with Gasteiger partial charge in [0.1, 0.15) is 5.82 Å². The first kappa shape index (κ1) is 25.0. The van der Waals surface area contributed by atoms with Gasteiger partial charge in [0.2, 0.25) is 15.9 Å². The van der Waals surface area contributed by atoms with Crippen LogP contribution in [0.3, 0.4) is 0 Å². The molecular formula is C23H26F4N2O3S. The maximum atomic E-state index is 14.2. The summed E-state index contributed by atoms with van der Waals surface area (Å²) in [5.74, 6) is -1.39. The maximum absolute atomic E-state index is 14.2. The molecular weight excluding hydrogens is 460 g/mol. The maximum Gasteiger partial charge on any atom is 0.397 e. The lowest BCUT2D eigenvalue weighted by Crippen LogP contribution is -2.36. The van der Waals surface area contributed by atoms with Crippen molar-refractivity contribution in [3.63, 3.8) is 0 Å². The van der Waals surface area contributed by atoms with Crippen molar-refractivity contribution in [3.05, 3.63) is 65.0 Å². The Morgan fingerprint density at radius 1 is 1.09 bits per heavy atom. The summed E-state index contributed by atoms with van der Waals surface area (Å²) in [4.78, 5) is 12.6. The fourth-order valence-electron chi connectivity index (χ4n) is 3.65. The van der Waals surface area contributed by atoms with Gasteiger partial charge in [-0.2, -0.15) is 13.2 Å². The lowest BCUT2D eigenvalue weighted by atomic mass is 9.83. The number of rotatable bonds is 7. The summed E-state index contributed by atoms with van der Waals surface area (Å²) in [5.41, 5.74) is -0.727. The second-order valence-electron chi connectivity index (χ2n) is 9.04. The van der Waals surface area contributed by atoms with Gasteiger partial charge in [0.15, 0.2) is 0 Å². The minimum atomic E-state index is -4.37. The summed E-state index contributed by atoms with van der Waals surface area (Å²) < 4.78 is 78.5. The summed E-state index contributed by atoms with van der Waals surface area (Å²) in [7, 11) is -3.62. The molecule has 0 aromatic heterocycles. The van der Waals surface area contributed by atoms with Gasteiger partial charge in [0.05, 0.1) is 23.4 Å². The van der Waals surface area contributed by atoms with Gasteiger partial charge >= 0.3 is 6.18 Å². The van der Waals surface area contributed by atoms with Gasteiger partial charge in [-0.05, 0) is 61.9 Å². The molecule has 2 aromatic carbocycles. The first-order valence-corrected chi connectivity index (χ1v) is 12.2. The van der Waals surface area contributed by atoms with Crippen molar-refractivity contribution in [1.82, 2.24) is 5.32 Å². The van der Waals surface area contributed by atoms with Crippen LogP contribution in [0.25, 0.3) is 0 Å². The molecule has 2 N–H and O–H groups in total. The molecule has 0 radical (unpaired) electrons. The van der Waals surface area contributed by atoms with E-state index in [1.165, 1.54) is 24.3 Å². The monoisotopic (exact) mass is 486 g/mol. The van der Waals surface area contributed by atoms with Crippen LogP contribution in [-0.2, 0) is 20.2 Å². The average Bonchev–Trinajstić information content (AvgIpc) is 3.49. The Bertz CT molecular complexity index is 1150. The van der Waals surface area contributed by atoms with Crippen molar-refractivity contribution in [2.45, 2.75) is 50.7 Å². The van der Waals surface area contributed by atoms with Crippen LogP contribution in [0.5, 0.6) is 0 Å². The van der Waals surface area contributed by atoms with E-state index in [4.69, 9.17) is 0 Å². The molecule has 1 saturated carbocycles. The van der Waals surface area contributed by atoms with E-state index >= 15 is 0 Å². The number of alkyl halides is 3. The smallest absolute Gasteiger partial charge is 0.349 e. The number of carbonyl (C=O) groups is 1. The van der Waals surface area contributed by atoms with Gasteiger partial charge in [0.25, 0.3) is 0 Å². The molecule has 0 saturated heterocycles. The molecule has 2 aromatic rings. The van der Waals surface area contributed by atoms with E-state index in [0.29, 0.717) is 12.0 Å². The molecule has 3 rings (SSSR count). The van der Waals surface area contributed by atoms with Crippen molar-refractivity contribution in [1.29, 1.82) is 0 Å². The van der Waals surface area contributed by atoms with Crippen LogP contribution < -0.4 is 10.0 Å². The normalized spacial score (nSPS) is 19.6. The molecule has 1 aliphatic rings. The Kier molecular flexibility index (Phi) is 6.54. The van der Waals surface area contributed by atoms with Crippen molar-refractivity contribution in [3.8, 4) is 0 Å². The van der Waals surface area contributed by atoms with Crippen LogP contribution in [0.2, 0.25) is 0 Å². The van der Waals surface area contributed by atoms with E-state index in [1.807, 2.05) is 0 Å². The van der Waals surface area contributed by atoms with Gasteiger partial charge in [0, 0.05) is 5.92 Å². The molecule has 0 aliphatic heterocycles. The van der Waals surface area contributed by atoms with Gasteiger partial charge in [-0.15, -0.1) is 0 Å². The number of amides is 1. The molecule has 0 bridgehead atoms. The fourth-order valence-corrected chi connectivity index (χ4v) is 4.22. The highest BCUT2D eigenvalue weighted by Crippen LogP contribution is 2.48. The number of benzene rings is 2. The molecule has 10 heteroatoms. The highest BCUT2D eigenvalue weighted by Gasteiger charge is 2.49.